The maximum Gasteiger partial charge on any atom is 0.319 e. The van der Waals surface area contributed by atoms with E-state index in [9.17, 15) is 4.79 Å². The second-order valence-corrected chi connectivity index (χ2v) is 3.63. The summed E-state index contributed by atoms with van der Waals surface area (Å²) >= 11 is 2.18. The number of anilines is 1. The average molecular weight is 290 g/mol. The standard InChI is InChI=1S/C9H11IN2O/c1-2-11-9(13)12-8-6-4-3-5-7(8)10/h3-6H,2H2,1H3,(H2,11,12,13). The normalized spacial score (nSPS) is 9.38. The summed E-state index contributed by atoms with van der Waals surface area (Å²) in [6.07, 6.45) is 0. The van der Waals surface area contributed by atoms with E-state index in [1.54, 1.807) is 0 Å². The number of para-hydroxylation sites is 1. The number of benzene rings is 1. The summed E-state index contributed by atoms with van der Waals surface area (Å²) in [5, 5.41) is 5.42. The molecule has 0 aliphatic carbocycles. The zero-order chi connectivity index (χ0) is 9.68. The van der Waals surface area contributed by atoms with Crippen LogP contribution in [-0.4, -0.2) is 12.6 Å². The van der Waals surface area contributed by atoms with Crippen molar-refractivity contribution in [2.45, 2.75) is 6.92 Å². The summed E-state index contributed by atoms with van der Waals surface area (Å²) in [5.41, 5.74) is 0.842. The first-order valence-electron chi connectivity index (χ1n) is 4.03. The van der Waals surface area contributed by atoms with Crippen LogP contribution < -0.4 is 10.6 Å². The second kappa shape index (κ2) is 5.06. The molecule has 0 saturated heterocycles. The summed E-state index contributed by atoms with van der Waals surface area (Å²) in [4.78, 5) is 11.1. The number of nitrogens with one attached hydrogen (secondary N) is 2. The Hall–Kier alpha value is -0.780. The lowest BCUT2D eigenvalue weighted by atomic mass is 10.3. The van der Waals surface area contributed by atoms with Crippen molar-refractivity contribution in [2.24, 2.45) is 0 Å². The first-order valence-corrected chi connectivity index (χ1v) is 5.11. The number of carbonyl (C=O) groups excluding carboxylic acids is 1. The summed E-state index contributed by atoms with van der Waals surface area (Å²) in [7, 11) is 0. The van der Waals surface area contributed by atoms with E-state index in [1.807, 2.05) is 31.2 Å². The van der Waals surface area contributed by atoms with Crippen molar-refractivity contribution in [1.82, 2.24) is 5.32 Å². The molecule has 0 bridgehead atoms. The molecule has 1 rings (SSSR count). The van der Waals surface area contributed by atoms with Gasteiger partial charge in [-0.05, 0) is 41.6 Å². The molecular weight excluding hydrogens is 279 g/mol. The summed E-state index contributed by atoms with van der Waals surface area (Å²) < 4.78 is 1.03. The van der Waals surface area contributed by atoms with Crippen LogP contribution in [-0.2, 0) is 0 Å². The van der Waals surface area contributed by atoms with Crippen molar-refractivity contribution in [1.29, 1.82) is 0 Å². The molecule has 0 fully saturated rings. The van der Waals surface area contributed by atoms with Gasteiger partial charge >= 0.3 is 6.03 Å². The van der Waals surface area contributed by atoms with Crippen molar-refractivity contribution >= 4 is 34.3 Å². The predicted molar refractivity (Wildman–Crippen MR) is 61.9 cm³/mol. The van der Waals surface area contributed by atoms with Crippen LogP contribution in [0.3, 0.4) is 0 Å². The van der Waals surface area contributed by atoms with E-state index in [2.05, 4.69) is 33.2 Å². The molecule has 70 valence electrons. The summed E-state index contributed by atoms with van der Waals surface area (Å²) in [6, 6.07) is 7.49. The molecule has 0 spiro atoms. The molecular formula is C9H11IN2O. The minimum Gasteiger partial charge on any atom is -0.338 e. The van der Waals surface area contributed by atoms with Gasteiger partial charge in [0.25, 0.3) is 0 Å². The lowest BCUT2D eigenvalue weighted by Gasteiger charge is -2.06. The molecule has 3 nitrogen and oxygen atoms in total. The fraction of sp³-hybridized carbons (Fsp3) is 0.222. The Kier molecular flexibility index (Phi) is 4.01. The van der Waals surface area contributed by atoms with Crippen molar-refractivity contribution in [3.8, 4) is 0 Å². The van der Waals surface area contributed by atoms with Crippen LogP contribution in [0.25, 0.3) is 0 Å². The SMILES string of the molecule is CCNC(=O)Nc1ccccc1I. The molecule has 0 atom stereocenters. The zero-order valence-corrected chi connectivity index (χ0v) is 9.46. The van der Waals surface area contributed by atoms with Crippen molar-refractivity contribution in [2.75, 3.05) is 11.9 Å². The number of urea groups is 1. The highest BCUT2D eigenvalue weighted by Crippen LogP contribution is 2.16. The van der Waals surface area contributed by atoms with Gasteiger partial charge in [-0.2, -0.15) is 0 Å². The van der Waals surface area contributed by atoms with Crippen LogP contribution in [0.2, 0.25) is 0 Å². The van der Waals surface area contributed by atoms with Gasteiger partial charge in [0.2, 0.25) is 0 Å². The molecule has 0 aromatic heterocycles. The third kappa shape index (κ3) is 3.22. The Labute approximate surface area is 91.0 Å². The van der Waals surface area contributed by atoms with E-state index >= 15 is 0 Å². The van der Waals surface area contributed by atoms with Crippen molar-refractivity contribution < 1.29 is 4.79 Å². The quantitative estimate of drug-likeness (QED) is 0.807. The Bertz CT molecular complexity index is 301. The Morgan fingerprint density at radius 1 is 1.46 bits per heavy atom. The van der Waals surface area contributed by atoms with Gasteiger partial charge in [0.15, 0.2) is 0 Å². The average Bonchev–Trinajstić information content (AvgIpc) is 2.09. The molecule has 0 aliphatic rings. The van der Waals surface area contributed by atoms with E-state index in [0.717, 1.165) is 9.26 Å². The highest BCUT2D eigenvalue weighted by Gasteiger charge is 2.01. The summed E-state index contributed by atoms with van der Waals surface area (Å²) in [5.74, 6) is 0. The molecule has 2 amide bonds. The van der Waals surface area contributed by atoms with Gasteiger partial charge < -0.3 is 10.6 Å². The van der Waals surface area contributed by atoms with E-state index in [4.69, 9.17) is 0 Å². The highest BCUT2D eigenvalue weighted by molar-refractivity contribution is 14.1. The fourth-order valence-corrected chi connectivity index (χ4v) is 1.41. The molecule has 0 radical (unpaired) electrons. The van der Waals surface area contributed by atoms with Crippen LogP contribution in [0.5, 0.6) is 0 Å². The molecule has 0 heterocycles. The van der Waals surface area contributed by atoms with Crippen LogP contribution >= 0.6 is 22.6 Å². The molecule has 0 saturated carbocycles. The Morgan fingerprint density at radius 2 is 2.15 bits per heavy atom. The molecule has 1 aromatic carbocycles. The number of halogens is 1. The summed E-state index contributed by atoms with van der Waals surface area (Å²) in [6.45, 7) is 2.52. The molecule has 2 N–H and O–H groups in total. The van der Waals surface area contributed by atoms with Gasteiger partial charge in [-0.25, -0.2) is 4.79 Å². The monoisotopic (exact) mass is 290 g/mol. The molecule has 13 heavy (non-hydrogen) atoms. The predicted octanol–water partition coefficient (Wildman–Crippen LogP) is 2.43. The first-order chi connectivity index (χ1) is 6.24. The maximum atomic E-state index is 11.1. The highest BCUT2D eigenvalue weighted by atomic mass is 127. The van der Waals surface area contributed by atoms with E-state index in [-0.39, 0.29) is 6.03 Å². The maximum absolute atomic E-state index is 11.1. The number of amides is 2. The van der Waals surface area contributed by atoms with E-state index in [1.165, 1.54) is 0 Å². The van der Waals surface area contributed by atoms with Crippen LogP contribution in [0.1, 0.15) is 6.92 Å². The zero-order valence-electron chi connectivity index (χ0n) is 7.30. The van der Waals surface area contributed by atoms with Gasteiger partial charge in [0.05, 0.1) is 5.69 Å². The third-order valence-electron chi connectivity index (χ3n) is 1.46. The van der Waals surface area contributed by atoms with E-state index in [0.29, 0.717) is 6.54 Å². The topological polar surface area (TPSA) is 41.1 Å². The van der Waals surface area contributed by atoms with Crippen LogP contribution in [0, 0.1) is 3.57 Å². The van der Waals surface area contributed by atoms with Gasteiger partial charge in [0, 0.05) is 10.1 Å². The number of hydrogen-bond acceptors (Lipinski definition) is 1. The van der Waals surface area contributed by atoms with Gasteiger partial charge in [-0.3, -0.25) is 0 Å². The lowest BCUT2D eigenvalue weighted by Crippen LogP contribution is -2.28. The van der Waals surface area contributed by atoms with Crippen molar-refractivity contribution in [3.05, 3.63) is 27.8 Å². The Morgan fingerprint density at radius 3 is 2.77 bits per heavy atom. The van der Waals surface area contributed by atoms with Gasteiger partial charge in [0.1, 0.15) is 0 Å². The van der Waals surface area contributed by atoms with Crippen molar-refractivity contribution in [3.63, 3.8) is 0 Å². The number of carbonyl (C=O) groups is 1. The van der Waals surface area contributed by atoms with Gasteiger partial charge in [-0.1, -0.05) is 12.1 Å². The fourth-order valence-electron chi connectivity index (χ4n) is 0.890. The largest absolute Gasteiger partial charge is 0.338 e. The number of hydrogen-bond donors (Lipinski definition) is 2. The lowest BCUT2D eigenvalue weighted by molar-refractivity contribution is 0.252. The first kappa shape index (κ1) is 10.3. The Balaban J connectivity index is 2.63. The molecule has 1 aromatic rings. The second-order valence-electron chi connectivity index (χ2n) is 2.46. The van der Waals surface area contributed by atoms with Crippen LogP contribution in [0.15, 0.2) is 24.3 Å². The minimum atomic E-state index is -0.161. The van der Waals surface area contributed by atoms with E-state index < -0.39 is 0 Å². The molecule has 0 aliphatic heterocycles. The minimum absolute atomic E-state index is 0.161. The molecule has 4 heteroatoms. The smallest absolute Gasteiger partial charge is 0.319 e. The number of rotatable bonds is 2. The third-order valence-corrected chi connectivity index (χ3v) is 2.40. The molecule has 0 unspecified atom stereocenters. The van der Waals surface area contributed by atoms with Gasteiger partial charge in [-0.15, -0.1) is 0 Å². The van der Waals surface area contributed by atoms with Crippen LogP contribution in [0.4, 0.5) is 10.5 Å².